The van der Waals surface area contributed by atoms with Gasteiger partial charge in [0.15, 0.2) is 0 Å². The minimum Gasteiger partial charge on any atom is -0.368 e. The molecule has 156 valence electrons. The molecule has 2 aromatic carbocycles. The molecule has 31 heavy (non-hydrogen) atoms. The summed E-state index contributed by atoms with van der Waals surface area (Å²) in [5.41, 5.74) is 6.38. The van der Waals surface area contributed by atoms with Crippen molar-refractivity contribution in [3.8, 4) is 5.69 Å². The summed E-state index contributed by atoms with van der Waals surface area (Å²) in [4.78, 5) is 19.6. The van der Waals surface area contributed by atoms with Crippen molar-refractivity contribution >= 4 is 27.5 Å². The minimum atomic E-state index is -0.402. The number of rotatable bonds is 2. The molecule has 2 aliphatic heterocycles. The summed E-state index contributed by atoms with van der Waals surface area (Å²) in [5.74, 6) is 0.0792. The summed E-state index contributed by atoms with van der Waals surface area (Å²) in [5, 5.41) is 4.94. The number of carbonyl (C=O) groups is 1. The Hall–Kier alpha value is -3.03. The van der Waals surface area contributed by atoms with E-state index in [9.17, 15) is 4.79 Å². The molecule has 1 amide bonds. The van der Waals surface area contributed by atoms with Crippen molar-refractivity contribution < 1.29 is 9.53 Å². The molecule has 0 N–H and O–H groups in total. The number of amides is 1. The van der Waals surface area contributed by atoms with Gasteiger partial charge >= 0.3 is 0 Å². The van der Waals surface area contributed by atoms with E-state index in [1.54, 1.807) is 5.51 Å². The Morgan fingerprint density at radius 2 is 1.90 bits per heavy atom. The van der Waals surface area contributed by atoms with Gasteiger partial charge in [-0.25, -0.2) is 9.67 Å². The fourth-order valence-electron chi connectivity index (χ4n) is 4.79. The van der Waals surface area contributed by atoms with Crippen LogP contribution in [0.25, 0.3) is 15.9 Å². The van der Waals surface area contributed by atoms with Gasteiger partial charge in [-0.2, -0.15) is 5.10 Å². The van der Waals surface area contributed by atoms with Crippen LogP contribution >= 0.6 is 11.3 Å². The number of para-hydroxylation sites is 1. The molecular formula is C24H22N4O2S. The predicted molar refractivity (Wildman–Crippen MR) is 120 cm³/mol. The van der Waals surface area contributed by atoms with E-state index in [-0.39, 0.29) is 5.91 Å². The third-order valence-corrected chi connectivity index (χ3v) is 7.31. The molecule has 4 aromatic rings. The van der Waals surface area contributed by atoms with Crippen LogP contribution in [0.4, 0.5) is 0 Å². The Morgan fingerprint density at radius 3 is 2.74 bits per heavy atom. The molecule has 7 heteroatoms. The number of carbonyl (C=O) groups excluding carboxylic acids is 1. The van der Waals surface area contributed by atoms with Crippen LogP contribution in [0.5, 0.6) is 0 Å². The maximum Gasteiger partial charge on any atom is 0.255 e. The number of fused-ring (bicyclic) bond motifs is 3. The van der Waals surface area contributed by atoms with Gasteiger partial charge in [0.1, 0.15) is 5.60 Å². The largest absolute Gasteiger partial charge is 0.368 e. The molecule has 1 saturated heterocycles. The number of hydrogen-bond acceptors (Lipinski definition) is 5. The topological polar surface area (TPSA) is 60.3 Å². The van der Waals surface area contributed by atoms with Crippen LogP contribution in [-0.4, -0.2) is 45.3 Å². The van der Waals surface area contributed by atoms with E-state index in [1.165, 1.54) is 16.9 Å². The Morgan fingerprint density at radius 1 is 1.06 bits per heavy atom. The molecule has 6 rings (SSSR count). The van der Waals surface area contributed by atoms with Crippen LogP contribution in [0.1, 0.15) is 34.5 Å². The summed E-state index contributed by atoms with van der Waals surface area (Å²) in [7, 11) is 0. The number of thiazole rings is 1. The highest BCUT2D eigenvalue weighted by Gasteiger charge is 2.44. The molecule has 0 aliphatic carbocycles. The molecule has 0 bridgehead atoms. The highest BCUT2D eigenvalue weighted by atomic mass is 32.1. The van der Waals surface area contributed by atoms with Gasteiger partial charge in [-0.05, 0) is 49.1 Å². The van der Waals surface area contributed by atoms with Crippen LogP contribution in [-0.2, 0) is 16.8 Å². The summed E-state index contributed by atoms with van der Waals surface area (Å²) in [6, 6.07) is 16.0. The summed E-state index contributed by atoms with van der Waals surface area (Å²) in [6.07, 6.45) is 4.53. The van der Waals surface area contributed by atoms with E-state index in [2.05, 4.69) is 23.3 Å². The second-order valence-electron chi connectivity index (χ2n) is 8.17. The maximum atomic E-state index is 13.3. The van der Waals surface area contributed by atoms with Gasteiger partial charge in [0, 0.05) is 19.3 Å². The second-order valence-corrected chi connectivity index (χ2v) is 9.03. The average molecular weight is 431 g/mol. The fraction of sp³-hybridized carbons (Fsp3) is 0.292. The number of nitrogens with zero attached hydrogens (tertiary/aromatic N) is 4. The first-order valence-electron chi connectivity index (χ1n) is 10.6. The number of benzene rings is 2. The van der Waals surface area contributed by atoms with Crippen molar-refractivity contribution in [1.82, 2.24) is 19.7 Å². The monoisotopic (exact) mass is 430 g/mol. The van der Waals surface area contributed by atoms with Crippen LogP contribution in [0.2, 0.25) is 0 Å². The van der Waals surface area contributed by atoms with Crippen molar-refractivity contribution in [3.63, 3.8) is 0 Å². The zero-order valence-corrected chi connectivity index (χ0v) is 17.8. The lowest BCUT2D eigenvalue weighted by Crippen LogP contribution is -2.48. The first kappa shape index (κ1) is 18.7. The van der Waals surface area contributed by atoms with E-state index >= 15 is 0 Å². The van der Waals surface area contributed by atoms with E-state index in [0.29, 0.717) is 19.7 Å². The number of aromatic nitrogens is 3. The Labute approximate surface area is 184 Å². The van der Waals surface area contributed by atoms with Gasteiger partial charge in [0.2, 0.25) is 0 Å². The van der Waals surface area contributed by atoms with E-state index in [4.69, 9.17) is 9.84 Å². The highest BCUT2D eigenvalue weighted by molar-refractivity contribution is 7.17. The normalized spacial score (nSPS) is 17.7. The zero-order chi connectivity index (χ0) is 20.8. The van der Waals surface area contributed by atoms with Gasteiger partial charge in [0.25, 0.3) is 5.91 Å². The Balaban J connectivity index is 1.26. The first-order valence-corrected chi connectivity index (χ1v) is 11.5. The summed E-state index contributed by atoms with van der Waals surface area (Å²) >= 11 is 1.52. The van der Waals surface area contributed by atoms with Crippen LogP contribution in [0, 0.1) is 0 Å². The molecule has 2 aliphatic rings. The highest BCUT2D eigenvalue weighted by Crippen LogP contribution is 2.41. The van der Waals surface area contributed by atoms with Crippen molar-refractivity contribution in [2.24, 2.45) is 0 Å². The smallest absolute Gasteiger partial charge is 0.255 e. The molecule has 1 fully saturated rings. The molecule has 1 spiro atoms. The molecule has 0 atom stereocenters. The SMILES string of the molecule is O=C(c1cccc2ncsc12)N1CCC2(CC1)OCCc1cn(-c3ccccc3)nc12. The Kier molecular flexibility index (Phi) is 4.40. The molecule has 0 radical (unpaired) electrons. The third-order valence-electron chi connectivity index (χ3n) is 6.44. The van der Waals surface area contributed by atoms with E-state index < -0.39 is 5.60 Å². The van der Waals surface area contributed by atoms with Gasteiger partial charge in [-0.1, -0.05) is 24.3 Å². The fourth-order valence-corrected chi connectivity index (χ4v) is 5.59. The van der Waals surface area contributed by atoms with Crippen LogP contribution < -0.4 is 0 Å². The van der Waals surface area contributed by atoms with Crippen LogP contribution in [0.3, 0.4) is 0 Å². The molecule has 4 heterocycles. The maximum absolute atomic E-state index is 13.3. The molecule has 6 nitrogen and oxygen atoms in total. The van der Waals surface area contributed by atoms with E-state index in [0.717, 1.165) is 46.4 Å². The minimum absolute atomic E-state index is 0.0792. The predicted octanol–water partition coefficient (Wildman–Crippen LogP) is 4.19. The zero-order valence-electron chi connectivity index (χ0n) is 17.0. The third kappa shape index (κ3) is 3.07. The lowest BCUT2D eigenvalue weighted by Gasteiger charge is -2.43. The van der Waals surface area contributed by atoms with E-state index in [1.807, 2.05) is 46.0 Å². The van der Waals surface area contributed by atoms with Crippen molar-refractivity contribution in [3.05, 3.63) is 77.1 Å². The van der Waals surface area contributed by atoms with Crippen molar-refractivity contribution in [1.29, 1.82) is 0 Å². The number of piperidine rings is 1. The van der Waals surface area contributed by atoms with Crippen molar-refractivity contribution in [2.75, 3.05) is 19.7 Å². The number of ether oxygens (including phenoxy) is 1. The van der Waals surface area contributed by atoms with Gasteiger partial charge in [-0.15, -0.1) is 11.3 Å². The lowest BCUT2D eigenvalue weighted by atomic mass is 9.83. The van der Waals surface area contributed by atoms with Gasteiger partial charge < -0.3 is 9.64 Å². The first-order chi connectivity index (χ1) is 15.2. The summed E-state index contributed by atoms with van der Waals surface area (Å²) < 4.78 is 9.28. The number of hydrogen-bond donors (Lipinski definition) is 0. The van der Waals surface area contributed by atoms with Crippen LogP contribution in [0.15, 0.2) is 60.2 Å². The summed E-state index contributed by atoms with van der Waals surface area (Å²) in [6.45, 7) is 2.01. The second kappa shape index (κ2) is 7.28. The lowest BCUT2D eigenvalue weighted by molar-refractivity contribution is -0.0963. The van der Waals surface area contributed by atoms with Gasteiger partial charge in [-0.3, -0.25) is 4.79 Å². The number of likely N-dealkylation sites (tertiary alicyclic amines) is 1. The van der Waals surface area contributed by atoms with Gasteiger partial charge in [0.05, 0.1) is 39.3 Å². The van der Waals surface area contributed by atoms with Crippen molar-refractivity contribution in [2.45, 2.75) is 24.9 Å². The molecular weight excluding hydrogens is 408 g/mol. The molecule has 0 unspecified atom stereocenters. The quantitative estimate of drug-likeness (QED) is 0.479. The molecule has 2 aromatic heterocycles. The average Bonchev–Trinajstić information content (AvgIpc) is 3.48. The standard InChI is InChI=1S/C24H22N4O2S/c29-23(19-7-4-8-20-21(19)31-16-25-20)27-12-10-24(11-13-27)22-17(9-14-30-24)15-28(26-22)18-5-2-1-3-6-18/h1-8,15-16H,9-14H2. The Bertz CT molecular complexity index is 1260. The molecule has 0 saturated carbocycles.